The van der Waals surface area contributed by atoms with Crippen LogP contribution in [0.5, 0.6) is 0 Å². The molecule has 0 N–H and O–H groups in total. The molecule has 0 amide bonds. The average molecular weight is 417 g/mol. The average Bonchev–Trinajstić information content (AvgIpc) is 2.76. The molecular weight excluding hydrogens is 398 g/mol. The van der Waals surface area contributed by atoms with Gasteiger partial charge in [0, 0.05) is 38.4 Å². The van der Waals surface area contributed by atoms with E-state index >= 15 is 0 Å². The van der Waals surface area contributed by atoms with Crippen molar-refractivity contribution in [1.82, 2.24) is 9.97 Å². The quantitative estimate of drug-likeness (QED) is 0.404. The van der Waals surface area contributed by atoms with Gasteiger partial charge in [0.25, 0.3) is 11.4 Å². The Bertz CT molecular complexity index is 1100. The summed E-state index contributed by atoms with van der Waals surface area (Å²) in [6.45, 7) is 0. The molecule has 0 unspecified atom stereocenters. The minimum atomic E-state index is -0.441. The van der Waals surface area contributed by atoms with E-state index in [4.69, 9.17) is 0 Å². The molecule has 1 heterocycles. The van der Waals surface area contributed by atoms with Gasteiger partial charge in [0.15, 0.2) is 0 Å². The van der Waals surface area contributed by atoms with Gasteiger partial charge in [-0.3, -0.25) is 20.2 Å². The predicted molar refractivity (Wildman–Crippen MR) is 120 cm³/mol. The Morgan fingerprint density at radius 2 is 1.19 bits per heavy atom. The molecule has 2 aromatic carbocycles. The van der Waals surface area contributed by atoms with Gasteiger partial charge >= 0.3 is 0 Å². The Morgan fingerprint density at radius 1 is 0.742 bits per heavy atom. The zero-order valence-corrected chi connectivity index (χ0v) is 16.9. The normalized spacial score (nSPS) is 11.2. The molecule has 0 aliphatic rings. The number of hydrogen-bond donors (Lipinski definition) is 0. The molecule has 1 aromatic heterocycles. The maximum Gasteiger partial charge on any atom is 0.270 e. The first kappa shape index (κ1) is 21.3. The van der Waals surface area contributed by atoms with E-state index in [9.17, 15) is 20.2 Å². The maximum absolute atomic E-state index is 10.9. The van der Waals surface area contributed by atoms with Crippen molar-refractivity contribution in [3.63, 3.8) is 0 Å². The summed E-state index contributed by atoms with van der Waals surface area (Å²) in [5, 5.41) is 21.9. The fourth-order valence-corrected chi connectivity index (χ4v) is 2.69. The topological polar surface area (TPSA) is 115 Å². The number of anilines is 1. The third kappa shape index (κ3) is 5.80. The van der Waals surface area contributed by atoms with Crippen molar-refractivity contribution in [2.45, 2.75) is 0 Å². The van der Waals surface area contributed by atoms with Crippen molar-refractivity contribution in [3.8, 4) is 0 Å². The van der Waals surface area contributed by atoms with Crippen LogP contribution in [-0.2, 0) is 0 Å². The first-order valence-corrected chi connectivity index (χ1v) is 9.23. The van der Waals surface area contributed by atoms with E-state index in [0.717, 1.165) is 0 Å². The standard InChI is InChI=1S/C22H19N5O4/c1-25(2)22-23-18(11-9-16-5-3-7-20(13-16)26(28)29)15-19(24-22)12-10-17-6-4-8-21(14-17)27(30)31/h3-15H,1-2H3/b11-9+,12-10+. The number of aromatic nitrogens is 2. The lowest BCUT2D eigenvalue weighted by Gasteiger charge is -2.11. The smallest absolute Gasteiger partial charge is 0.270 e. The number of benzene rings is 2. The van der Waals surface area contributed by atoms with Gasteiger partial charge in [-0.05, 0) is 29.3 Å². The fourth-order valence-electron chi connectivity index (χ4n) is 2.69. The molecule has 0 aliphatic heterocycles. The van der Waals surface area contributed by atoms with Gasteiger partial charge in [0.1, 0.15) is 0 Å². The van der Waals surface area contributed by atoms with Crippen LogP contribution in [0.25, 0.3) is 24.3 Å². The lowest BCUT2D eigenvalue weighted by molar-refractivity contribution is -0.385. The van der Waals surface area contributed by atoms with Crippen LogP contribution < -0.4 is 4.90 Å². The van der Waals surface area contributed by atoms with Crippen molar-refractivity contribution in [1.29, 1.82) is 0 Å². The minimum Gasteiger partial charge on any atom is -0.347 e. The number of rotatable bonds is 7. The van der Waals surface area contributed by atoms with E-state index in [0.29, 0.717) is 28.5 Å². The van der Waals surface area contributed by atoms with E-state index in [-0.39, 0.29) is 11.4 Å². The molecule has 0 aliphatic carbocycles. The summed E-state index contributed by atoms with van der Waals surface area (Å²) in [6.07, 6.45) is 6.97. The second-order valence-corrected chi connectivity index (χ2v) is 6.78. The molecular formula is C22H19N5O4. The molecule has 3 aromatic rings. The van der Waals surface area contributed by atoms with E-state index in [1.165, 1.54) is 24.3 Å². The molecule has 31 heavy (non-hydrogen) atoms. The Kier molecular flexibility index (Phi) is 6.46. The van der Waals surface area contributed by atoms with Gasteiger partial charge in [-0.2, -0.15) is 0 Å². The lowest BCUT2D eigenvalue weighted by Crippen LogP contribution is -2.13. The van der Waals surface area contributed by atoms with Crippen LogP contribution in [0.15, 0.2) is 54.6 Å². The highest BCUT2D eigenvalue weighted by atomic mass is 16.6. The van der Waals surface area contributed by atoms with E-state index in [1.807, 2.05) is 14.1 Å². The molecule has 0 radical (unpaired) electrons. The van der Waals surface area contributed by atoms with Crippen molar-refractivity contribution >= 4 is 41.6 Å². The summed E-state index contributed by atoms with van der Waals surface area (Å²) in [6, 6.07) is 14.4. The van der Waals surface area contributed by atoms with Gasteiger partial charge in [-0.15, -0.1) is 0 Å². The van der Waals surface area contributed by atoms with Crippen LogP contribution >= 0.6 is 0 Å². The van der Waals surface area contributed by atoms with Crippen LogP contribution in [0.1, 0.15) is 22.5 Å². The molecule has 9 nitrogen and oxygen atoms in total. The first-order valence-electron chi connectivity index (χ1n) is 9.23. The van der Waals surface area contributed by atoms with Crippen LogP contribution in [-0.4, -0.2) is 33.9 Å². The summed E-state index contributed by atoms with van der Waals surface area (Å²) in [5.41, 5.74) is 2.60. The number of nitrogens with zero attached hydrogens (tertiary/aromatic N) is 5. The molecule has 0 spiro atoms. The molecule has 0 saturated heterocycles. The second-order valence-electron chi connectivity index (χ2n) is 6.78. The van der Waals surface area contributed by atoms with Crippen LogP contribution in [0.3, 0.4) is 0 Å². The van der Waals surface area contributed by atoms with Crippen LogP contribution in [0.4, 0.5) is 17.3 Å². The molecule has 0 saturated carbocycles. The summed E-state index contributed by atoms with van der Waals surface area (Å²) in [5.74, 6) is 0.486. The zero-order chi connectivity index (χ0) is 22.4. The summed E-state index contributed by atoms with van der Waals surface area (Å²) in [7, 11) is 3.63. The van der Waals surface area contributed by atoms with Gasteiger partial charge in [0.2, 0.25) is 5.95 Å². The lowest BCUT2D eigenvalue weighted by atomic mass is 10.1. The van der Waals surface area contributed by atoms with Crippen LogP contribution in [0, 0.1) is 20.2 Å². The van der Waals surface area contributed by atoms with Gasteiger partial charge in [0.05, 0.1) is 21.2 Å². The summed E-state index contributed by atoms with van der Waals surface area (Å²) in [4.78, 5) is 31.7. The molecule has 0 fully saturated rings. The SMILES string of the molecule is CN(C)c1nc(/C=C/c2cccc([N+](=O)[O-])c2)cc(/C=C/c2cccc([N+](=O)[O-])c2)n1. The molecule has 9 heteroatoms. The van der Waals surface area contributed by atoms with Crippen molar-refractivity contribution in [3.05, 3.63) is 97.3 Å². The Balaban J connectivity index is 1.91. The molecule has 3 rings (SSSR count). The molecule has 0 bridgehead atoms. The Morgan fingerprint density at radius 3 is 1.58 bits per heavy atom. The number of nitro groups is 2. The van der Waals surface area contributed by atoms with E-state index in [2.05, 4.69) is 9.97 Å². The maximum atomic E-state index is 10.9. The first-order chi connectivity index (χ1) is 14.8. The van der Waals surface area contributed by atoms with Crippen molar-refractivity contribution in [2.75, 3.05) is 19.0 Å². The Hall–Kier alpha value is -4.40. The van der Waals surface area contributed by atoms with Crippen molar-refractivity contribution < 1.29 is 9.85 Å². The monoisotopic (exact) mass is 417 g/mol. The third-order valence-corrected chi connectivity index (χ3v) is 4.21. The zero-order valence-electron chi connectivity index (χ0n) is 16.9. The second kappa shape index (κ2) is 9.40. The van der Waals surface area contributed by atoms with E-state index < -0.39 is 9.85 Å². The third-order valence-electron chi connectivity index (χ3n) is 4.21. The number of nitro benzene ring substituents is 2. The highest BCUT2D eigenvalue weighted by molar-refractivity contribution is 5.73. The molecule has 0 atom stereocenters. The van der Waals surface area contributed by atoms with Gasteiger partial charge < -0.3 is 4.90 Å². The largest absolute Gasteiger partial charge is 0.347 e. The highest BCUT2D eigenvalue weighted by Gasteiger charge is 2.07. The van der Waals surface area contributed by atoms with Gasteiger partial charge in [-0.1, -0.05) is 36.4 Å². The predicted octanol–water partition coefficient (Wildman–Crippen LogP) is 4.70. The summed E-state index contributed by atoms with van der Waals surface area (Å²) >= 11 is 0. The van der Waals surface area contributed by atoms with E-state index in [1.54, 1.807) is 59.5 Å². The van der Waals surface area contributed by atoms with Crippen LogP contribution in [0.2, 0.25) is 0 Å². The molecule has 156 valence electrons. The highest BCUT2D eigenvalue weighted by Crippen LogP contribution is 2.18. The minimum absolute atomic E-state index is 0.0133. The fraction of sp³-hybridized carbons (Fsp3) is 0.0909. The number of non-ortho nitro benzene ring substituents is 2. The Labute approximate surface area is 178 Å². The van der Waals surface area contributed by atoms with Crippen molar-refractivity contribution in [2.24, 2.45) is 0 Å². The summed E-state index contributed by atoms with van der Waals surface area (Å²) < 4.78 is 0. The van der Waals surface area contributed by atoms with Gasteiger partial charge in [-0.25, -0.2) is 9.97 Å². The number of hydrogen-bond acceptors (Lipinski definition) is 7.